The van der Waals surface area contributed by atoms with E-state index < -0.39 is 0 Å². The van der Waals surface area contributed by atoms with Crippen molar-refractivity contribution in [2.45, 2.75) is 19.9 Å². The van der Waals surface area contributed by atoms with Gasteiger partial charge >= 0.3 is 0 Å². The molecular formula is C15H20N2O2S. The Hall–Kier alpha value is -1.59. The molecule has 4 nitrogen and oxygen atoms in total. The molecule has 0 saturated heterocycles. The quantitative estimate of drug-likeness (QED) is 0.885. The van der Waals surface area contributed by atoms with Gasteiger partial charge in [-0.3, -0.25) is 0 Å². The molecule has 0 radical (unpaired) electrons. The molecule has 0 spiro atoms. The van der Waals surface area contributed by atoms with Crippen LogP contribution in [0.3, 0.4) is 0 Å². The van der Waals surface area contributed by atoms with Crippen molar-refractivity contribution in [1.82, 2.24) is 10.3 Å². The highest BCUT2D eigenvalue weighted by Gasteiger charge is 2.12. The fourth-order valence-corrected chi connectivity index (χ4v) is 2.86. The normalized spacial score (nSPS) is 12.2. The third kappa shape index (κ3) is 3.29. The summed E-state index contributed by atoms with van der Waals surface area (Å²) in [5, 5.41) is 6.43. The SMILES string of the molecule is CCNC(C)c1csc(-c2cc(OC)cc(OC)c2)n1. The smallest absolute Gasteiger partial charge is 0.123 e. The van der Waals surface area contributed by atoms with Gasteiger partial charge in [0.05, 0.1) is 19.9 Å². The molecule has 1 unspecified atom stereocenters. The monoisotopic (exact) mass is 292 g/mol. The molecule has 0 aliphatic heterocycles. The molecule has 1 aromatic carbocycles. The van der Waals surface area contributed by atoms with Gasteiger partial charge in [-0.05, 0) is 25.6 Å². The first kappa shape index (κ1) is 14.8. The van der Waals surface area contributed by atoms with E-state index in [2.05, 4.69) is 24.5 Å². The number of thiazole rings is 1. The molecule has 0 fully saturated rings. The van der Waals surface area contributed by atoms with E-state index in [4.69, 9.17) is 14.5 Å². The van der Waals surface area contributed by atoms with Crippen molar-refractivity contribution in [3.05, 3.63) is 29.3 Å². The zero-order chi connectivity index (χ0) is 14.5. The Morgan fingerprint density at radius 2 is 1.85 bits per heavy atom. The first-order valence-corrected chi connectivity index (χ1v) is 7.48. The van der Waals surface area contributed by atoms with Gasteiger partial charge in [0.1, 0.15) is 16.5 Å². The number of ether oxygens (including phenoxy) is 2. The number of nitrogens with one attached hydrogen (secondary N) is 1. The molecule has 0 saturated carbocycles. The molecule has 2 rings (SSSR count). The van der Waals surface area contributed by atoms with E-state index in [1.807, 2.05) is 18.2 Å². The average molecular weight is 292 g/mol. The maximum absolute atomic E-state index is 5.30. The second kappa shape index (κ2) is 6.72. The number of nitrogens with zero attached hydrogens (tertiary/aromatic N) is 1. The van der Waals surface area contributed by atoms with E-state index in [0.717, 1.165) is 34.3 Å². The van der Waals surface area contributed by atoms with Crippen LogP contribution in [0, 0.1) is 0 Å². The lowest BCUT2D eigenvalue weighted by molar-refractivity contribution is 0.394. The van der Waals surface area contributed by atoms with Crippen LogP contribution in [0.15, 0.2) is 23.6 Å². The van der Waals surface area contributed by atoms with Gasteiger partial charge in [-0.2, -0.15) is 0 Å². The van der Waals surface area contributed by atoms with E-state index >= 15 is 0 Å². The molecular weight excluding hydrogens is 272 g/mol. The van der Waals surface area contributed by atoms with Crippen molar-refractivity contribution in [1.29, 1.82) is 0 Å². The molecule has 20 heavy (non-hydrogen) atoms. The van der Waals surface area contributed by atoms with Crippen molar-refractivity contribution in [2.75, 3.05) is 20.8 Å². The summed E-state index contributed by atoms with van der Waals surface area (Å²) in [4.78, 5) is 4.69. The Bertz CT molecular complexity index is 547. The van der Waals surface area contributed by atoms with Gasteiger partial charge < -0.3 is 14.8 Å². The van der Waals surface area contributed by atoms with E-state index in [9.17, 15) is 0 Å². The van der Waals surface area contributed by atoms with E-state index in [-0.39, 0.29) is 6.04 Å². The Kier molecular flexibility index (Phi) is 4.98. The number of methoxy groups -OCH3 is 2. The number of aromatic nitrogens is 1. The summed E-state index contributed by atoms with van der Waals surface area (Å²) >= 11 is 1.63. The van der Waals surface area contributed by atoms with Crippen molar-refractivity contribution in [2.24, 2.45) is 0 Å². The van der Waals surface area contributed by atoms with Crippen LogP contribution >= 0.6 is 11.3 Å². The molecule has 2 aromatic rings. The number of rotatable bonds is 6. The molecule has 108 valence electrons. The van der Waals surface area contributed by atoms with Gasteiger partial charge in [-0.1, -0.05) is 6.92 Å². The summed E-state index contributed by atoms with van der Waals surface area (Å²) in [6, 6.07) is 6.07. The third-order valence-corrected chi connectivity index (χ3v) is 3.98. The predicted molar refractivity (Wildman–Crippen MR) is 82.7 cm³/mol. The Labute approximate surface area is 123 Å². The van der Waals surface area contributed by atoms with Crippen molar-refractivity contribution < 1.29 is 9.47 Å². The standard InChI is InChI=1S/C15H20N2O2S/c1-5-16-10(2)14-9-20-15(17-14)11-6-12(18-3)8-13(7-11)19-4/h6-10,16H,5H2,1-4H3. The van der Waals surface area contributed by atoms with Crippen LogP contribution in [0.1, 0.15) is 25.6 Å². The summed E-state index contributed by atoms with van der Waals surface area (Å²) in [6.45, 7) is 5.15. The third-order valence-electron chi connectivity index (χ3n) is 3.07. The topological polar surface area (TPSA) is 43.4 Å². The molecule has 1 aromatic heterocycles. The predicted octanol–water partition coefficient (Wildman–Crippen LogP) is 3.50. The van der Waals surface area contributed by atoms with Crippen LogP contribution in [0.5, 0.6) is 11.5 Å². The number of hydrogen-bond donors (Lipinski definition) is 1. The maximum atomic E-state index is 5.30. The van der Waals surface area contributed by atoms with Crippen LogP contribution in [0.25, 0.3) is 10.6 Å². The summed E-state index contributed by atoms with van der Waals surface area (Å²) < 4.78 is 10.6. The Balaban J connectivity index is 2.31. The van der Waals surface area contributed by atoms with Crippen LogP contribution in [-0.2, 0) is 0 Å². The molecule has 0 bridgehead atoms. The summed E-state index contributed by atoms with van der Waals surface area (Å²) in [5.74, 6) is 1.55. The molecule has 1 heterocycles. The molecule has 0 aliphatic carbocycles. The fourth-order valence-electron chi connectivity index (χ4n) is 1.96. The lowest BCUT2D eigenvalue weighted by Gasteiger charge is -2.09. The van der Waals surface area contributed by atoms with Crippen molar-refractivity contribution in [3.63, 3.8) is 0 Å². The molecule has 1 N–H and O–H groups in total. The van der Waals surface area contributed by atoms with Gasteiger partial charge in [-0.15, -0.1) is 11.3 Å². The lowest BCUT2D eigenvalue weighted by atomic mass is 10.2. The average Bonchev–Trinajstić information content (AvgIpc) is 2.97. The van der Waals surface area contributed by atoms with Gasteiger partial charge in [0, 0.05) is 23.1 Å². The highest BCUT2D eigenvalue weighted by molar-refractivity contribution is 7.13. The van der Waals surface area contributed by atoms with Crippen LogP contribution in [0.2, 0.25) is 0 Å². The van der Waals surface area contributed by atoms with Gasteiger partial charge in [0.15, 0.2) is 0 Å². The fraction of sp³-hybridized carbons (Fsp3) is 0.400. The summed E-state index contributed by atoms with van der Waals surface area (Å²) in [6.07, 6.45) is 0. The zero-order valence-corrected chi connectivity index (χ0v) is 13.1. The molecule has 1 atom stereocenters. The van der Waals surface area contributed by atoms with Gasteiger partial charge in [0.25, 0.3) is 0 Å². The molecule has 0 amide bonds. The zero-order valence-electron chi connectivity index (χ0n) is 12.3. The first-order valence-electron chi connectivity index (χ1n) is 6.60. The van der Waals surface area contributed by atoms with Crippen molar-refractivity contribution in [3.8, 4) is 22.1 Å². The molecule has 0 aliphatic rings. The minimum Gasteiger partial charge on any atom is -0.497 e. The first-order chi connectivity index (χ1) is 9.67. The second-order valence-corrected chi connectivity index (χ2v) is 5.32. The highest BCUT2D eigenvalue weighted by Crippen LogP contribution is 2.32. The highest BCUT2D eigenvalue weighted by atomic mass is 32.1. The number of benzene rings is 1. The Morgan fingerprint density at radius 3 is 2.40 bits per heavy atom. The van der Waals surface area contributed by atoms with Gasteiger partial charge in [0.2, 0.25) is 0 Å². The Morgan fingerprint density at radius 1 is 1.20 bits per heavy atom. The minimum atomic E-state index is 0.262. The largest absolute Gasteiger partial charge is 0.497 e. The number of hydrogen-bond acceptors (Lipinski definition) is 5. The lowest BCUT2D eigenvalue weighted by Crippen LogP contribution is -2.17. The molecule has 5 heteroatoms. The summed E-state index contributed by atoms with van der Waals surface area (Å²) in [7, 11) is 3.30. The minimum absolute atomic E-state index is 0.262. The van der Waals surface area contributed by atoms with E-state index in [0.29, 0.717) is 0 Å². The van der Waals surface area contributed by atoms with Crippen LogP contribution < -0.4 is 14.8 Å². The van der Waals surface area contributed by atoms with Gasteiger partial charge in [-0.25, -0.2) is 4.98 Å². The van der Waals surface area contributed by atoms with E-state index in [1.165, 1.54) is 0 Å². The second-order valence-electron chi connectivity index (χ2n) is 4.46. The maximum Gasteiger partial charge on any atom is 0.123 e. The van der Waals surface area contributed by atoms with Crippen LogP contribution in [0.4, 0.5) is 0 Å². The van der Waals surface area contributed by atoms with Crippen molar-refractivity contribution >= 4 is 11.3 Å². The van der Waals surface area contributed by atoms with Crippen LogP contribution in [-0.4, -0.2) is 25.7 Å². The summed E-state index contributed by atoms with van der Waals surface area (Å²) in [5.41, 5.74) is 2.08. The van der Waals surface area contributed by atoms with E-state index in [1.54, 1.807) is 25.6 Å².